The van der Waals surface area contributed by atoms with Gasteiger partial charge in [-0.2, -0.15) is 0 Å². The van der Waals surface area contributed by atoms with Gasteiger partial charge in [-0.3, -0.25) is 4.79 Å². The summed E-state index contributed by atoms with van der Waals surface area (Å²) in [5.74, 6) is 0.858. The van der Waals surface area contributed by atoms with Crippen molar-refractivity contribution in [1.82, 2.24) is 5.32 Å². The largest absolute Gasteiger partial charge is 0.466 e. The minimum atomic E-state index is -0.0982. The van der Waals surface area contributed by atoms with Crippen LogP contribution >= 0.6 is 0 Å². The number of carbonyl (C=O) groups excluding carboxylic acids is 1. The predicted octanol–water partition coefficient (Wildman–Crippen LogP) is 1.72. The van der Waals surface area contributed by atoms with E-state index in [1.165, 1.54) is 19.3 Å². The second kappa shape index (κ2) is 6.02. The molecular weight excluding hydrogens is 178 g/mol. The maximum atomic E-state index is 11.1. The van der Waals surface area contributed by atoms with E-state index in [-0.39, 0.29) is 12.0 Å². The second-order valence-corrected chi connectivity index (χ2v) is 4.10. The normalized spacial score (nSPS) is 17.9. The molecule has 0 aliphatic heterocycles. The summed E-state index contributed by atoms with van der Waals surface area (Å²) in [6, 6.07) is 0.243. The summed E-state index contributed by atoms with van der Waals surface area (Å²) in [5.41, 5.74) is 0. The van der Waals surface area contributed by atoms with Crippen molar-refractivity contribution < 1.29 is 9.53 Å². The van der Waals surface area contributed by atoms with Gasteiger partial charge in [0.05, 0.1) is 13.0 Å². The highest BCUT2D eigenvalue weighted by Crippen LogP contribution is 2.31. The van der Waals surface area contributed by atoms with Gasteiger partial charge in [-0.1, -0.05) is 12.8 Å². The van der Waals surface area contributed by atoms with Crippen LogP contribution < -0.4 is 5.32 Å². The molecule has 0 aromatic rings. The third-order valence-corrected chi connectivity index (χ3v) is 2.52. The van der Waals surface area contributed by atoms with Crippen molar-refractivity contribution in [2.75, 3.05) is 13.2 Å². The van der Waals surface area contributed by atoms with Crippen LogP contribution in [0.4, 0.5) is 0 Å². The lowest BCUT2D eigenvalue weighted by atomic mass is 10.2. The number of nitrogens with one attached hydrogen (secondary N) is 1. The first-order valence-corrected chi connectivity index (χ1v) is 5.61. The van der Waals surface area contributed by atoms with Crippen LogP contribution in [0.1, 0.15) is 39.5 Å². The Morgan fingerprint density at radius 3 is 2.86 bits per heavy atom. The first kappa shape index (κ1) is 11.5. The molecule has 82 valence electrons. The Morgan fingerprint density at radius 1 is 1.57 bits per heavy atom. The zero-order chi connectivity index (χ0) is 10.4. The highest BCUT2D eigenvalue weighted by molar-refractivity contribution is 5.69. The molecule has 1 atom stereocenters. The summed E-state index contributed by atoms with van der Waals surface area (Å²) in [6.45, 7) is 5.38. The average molecular weight is 199 g/mol. The summed E-state index contributed by atoms with van der Waals surface area (Å²) in [7, 11) is 0. The molecule has 14 heavy (non-hydrogen) atoms. The fourth-order valence-corrected chi connectivity index (χ4v) is 1.48. The van der Waals surface area contributed by atoms with Crippen LogP contribution in [0.15, 0.2) is 0 Å². The Balaban J connectivity index is 1.96. The number of carbonyl (C=O) groups is 1. The van der Waals surface area contributed by atoms with Gasteiger partial charge < -0.3 is 10.1 Å². The van der Waals surface area contributed by atoms with E-state index in [1.807, 2.05) is 13.8 Å². The van der Waals surface area contributed by atoms with E-state index in [9.17, 15) is 4.79 Å². The summed E-state index contributed by atoms with van der Waals surface area (Å²) < 4.78 is 4.87. The van der Waals surface area contributed by atoms with Gasteiger partial charge in [0.25, 0.3) is 0 Å². The van der Waals surface area contributed by atoms with Gasteiger partial charge in [0, 0.05) is 6.04 Å². The van der Waals surface area contributed by atoms with Crippen molar-refractivity contribution in [2.24, 2.45) is 5.92 Å². The standard InChI is InChI=1S/C11H21NO2/c1-3-14-11(13)8-9(2)12-7-6-10-4-5-10/h9-10,12H,3-8H2,1-2H3. The Morgan fingerprint density at radius 2 is 2.29 bits per heavy atom. The van der Waals surface area contributed by atoms with E-state index >= 15 is 0 Å². The molecule has 1 saturated carbocycles. The Kier molecular flexibility index (Phi) is 4.94. The maximum Gasteiger partial charge on any atom is 0.307 e. The molecule has 0 saturated heterocycles. The van der Waals surface area contributed by atoms with Crippen molar-refractivity contribution >= 4 is 5.97 Å². The lowest BCUT2D eigenvalue weighted by Crippen LogP contribution is -2.30. The van der Waals surface area contributed by atoms with Gasteiger partial charge in [-0.15, -0.1) is 0 Å². The van der Waals surface area contributed by atoms with Crippen LogP contribution in [-0.4, -0.2) is 25.2 Å². The van der Waals surface area contributed by atoms with E-state index in [2.05, 4.69) is 5.32 Å². The van der Waals surface area contributed by atoms with E-state index < -0.39 is 0 Å². The van der Waals surface area contributed by atoms with Gasteiger partial charge in [-0.05, 0) is 32.7 Å². The van der Waals surface area contributed by atoms with Gasteiger partial charge >= 0.3 is 5.97 Å². The molecule has 0 aromatic carbocycles. The van der Waals surface area contributed by atoms with Crippen LogP contribution in [0.3, 0.4) is 0 Å². The zero-order valence-electron chi connectivity index (χ0n) is 9.21. The molecule has 1 aliphatic carbocycles. The Hall–Kier alpha value is -0.570. The minimum absolute atomic E-state index is 0.0982. The molecule has 0 heterocycles. The molecule has 1 aliphatic rings. The van der Waals surface area contributed by atoms with Gasteiger partial charge in [0.1, 0.15) is 0 Å². The molecule has 1 unspecified atom stereocenters. The maximum absolute atomic E-state index is 11.1. The van der Waals surface area contributed by atoms with Crippen molar-refractivity contribution in [3.8, 4) is 0 Å². The molecule has 0 aromatic heterocycles. The molecule has 0 amide bonds. The fourth-order valence-electron chi connectivity index (χ4n) is 1.48. The molecule has 1 N–H and O–H groups in total. The number of ether oxygens (including phenoxy) is 1. The fraction of sp³-hybridized carbons (Fsp3) is 0.909. The monoisotopic (exact) mass is 199 g/mol. The first-order chi connectivity index (χ1) is 6.72. The van der Waals surface area contributed by atoms with Crippen molar-refractivity contribution in [3.63, 3.8) is 0 Å². The quantitative estimate of drug-likeness (QED) is 0.634. The smallest absolute Gasteiger partial charge is 0.307 e. The molecular formula is C11H21NO2. The Bertz CT molecular complexity index is 178. The number of hydrogen-bond donors (Lipinski definition) is 1. The van der Waals surface area contributed by atoms with E-state index in [0.29, 0.717) is 13.0 Å². The van der Waals surface area contributed by atoms with Crippen molar-refractivity contribution in [3.05, 3.63) is 0 Å². The van der Waals surface area contributed by atoms with Crippen LogP contribution in [0.25, 0.3) is 0 Å². The molecule has 0 radical (unpaired) electrons. The number of hydrogen-bond acceptors (Lipinski definition) is 3. The van der Waals surface area contributed by atoms with Crippen LogP contribution in [0.2, 0.25) is 0 Å². The Labute approximate surface area is 86.2 Å². The van der Waals surface area contributed by atoms with Crippen LogP contribution in [-0.2, 0) is 9.53 Å². The van der Waals surface area contributed by atoms with Crippen molar-refractivity contribution in [2.45, 2.75) is 45.6 Å². The first-order valence-electron chi connectivity index (χ1n) is 5.61. The number of esters is 1. The molecule has 1 rings (SSSR count). The lowest BCUT2D eigenvalue weighted by Gasteiger charge is -2.12. The average Bonchev–Trinajstić information content (AvgIpc) is 2.88. The summed E-state index contributed by atoms with van der Waals surface area (Å²) >= 11 is 0. The van der Waals surface area contributed by atoms with Crippen molar-refractivity contribution in [1.29, 1.82) is 0 Å². The topological polar surface area (TPSA) is 38.3 Å². The minimum Gasteiger partial charge on any atom is -0.466 e. The zero-order valence-corrected chi connectivity index (χ0v) is 9.21. The molecule has 3 nitrogen and oxygen atoms in total. The summed E-state index contributed by atoms with van der Waals surface area (Å²) in [6.07, 6.45) is 4.54. The van der Waals surface area contributed by atoms with E-state index in [4.69, 9.17) is 4.74 Å². The lowest BCUT2D eigenvalue weighted by molar-refractivity contribution is -0.143. The van der Waals surface area contributed by atoms with Crippen LogP contribution in [0, 0.1) is 5.92 Å². The van der Waals surface area contributed by atoms with Crippen LogP contribution in [0.5, 0.6) is 0 Å². The summed E-state index contributed by atoms with van der Waals surface area (Å²) in [4.78, 5) is 11.1. The molecule has 3 heteroatoms. The third-order valence-electron chi connectivity index (χ3n) is 2.52. The highest BCUT2D eigenvalue weighted by atomic mass is 16.5. The summed E-state index contributed by atoms with van der Waals surface area (Å²) in [5, 5.41) is 3.34. The molecule has 0 spiro atoms. The van der Waals surface area contributed by atoms with E-state index in [1.54, 1.807) is 0 Å². The van der Waals surface area contributed by atoms with E-state index in [0.717, 1.165) is 12.5 Å². The number of rotatable bonds is 7. The molecule has 0 bridgehead atoms. The second-order valence-electron chi connectivity index (χ2n) is 4.10. The predicted molar refractivity (Wildman–Crippen MR) is 56.1 cm³/mol. The SMILES string of the molecule is CCOC(=O)CC(C)NCCC1CC1. The third kappa shape index (κ3) is 5.22. The molecule has 1 fully saturated rings. The highest BCUT2D eigenvalue weighted by Gasteiger charge is 2.20. The van der Waals surface area contributed by atoms with Gasteiger partial charge in [0.2, 0.25) is 0 Å². The van der Waals surface area contributed by atoms with Gasteiger partial charge in [-0.25, -0.2) is 0 Å². The van der Waals surface area contributed by atoms with Gasteiger partial charge in [0.15, 0.2) is 0 Å².